The summed E-state index contributed by atoms with van der Waals surface area (Å²) in [5, 5.41) is 8.57. The highest BCUT2D eigenvalue weighted by Gasteiger charge is 2.07. The summed E-state index contributed by atoms with van der Waals surface area (Å²) in [5.74, 6) is 0. The number of aliphatic hydroxyl groups excluding tert-OH is 1. The van der Waals surface area contributed by atoms with Crippen LogP contribution in [0.2, 0.25) is 0 Å². The highest BCUT2D eigenvalue weighted by atomic mass is 16.3. The van der Waals surface area contributed by atoms with Crippen molar-refractivity contribution >= 4 is 12.4 Å². The van der Waals surface area contributed by atoms with E-state index in [0.717, 1.165) is 6.17 Å². The summed E-state index contributed by atoms with van der Waals surface area (Å²) < 4.78 is 1.63. The lowest BCUT2D eigenvalue weighted by molar-refractivity contribution is -0.443. The average Bonchev–Trinajstić information content (AvgIpc) is 2.13. The molecule has 0 aromatic rings. The van der Waals surface area contributed by atoms with E-state index in [4.69, 9.17) is 5.11 Å². The summed E-state index contributed by atoms with van der Waals surface area (Å²) in [6, 6.07) is 0. The summed E-state index contributed by atoms with van der Waals surface area (Å²) in [6.07, 6.45) is 0.819. The molecule has 9 heavy (non-hydrogen) atoms. The zero-order valence-electron chi connectivity index (χ0n) is 5.33. The molecule has 1 aliphatic heterocycles. The lowest BCUT2D eigenvalue weighted by atomic mass is 10.4. The van der Waals surface area contributed by atoms with Crippen molar-refractivity contribution in [2.24, 2.45) is 4.99 Å². The number of hydrogen-bond acceptors (Lipinski definition) is 2. The summed E-state index contributed by atoms with van der Waals surface area (Å²) in [4.78, 5) is 3.98. The minimum Gasteiger partial charge on any atom is -0.526 e. The first kappa shape index (κ1) is 6.16. The van der Waals surface area contributed by atoms with Gasteiger partial charge in [0.25, 0.3) is 0 Å². The molecule has 1 N–H and O–H groups in total. The van der Waals surface area contributed by atoms with Crippen LogP contribution in [0.1, 0.15) is 6.92 Å². The van der Waals surface area contributed by atoms with E-state index in [-0.39, 0.29) is 6.61 Å². The third kappa shape index (κ3) is 1.05. The van der Waals surface area contributed by atoms with Gasteiger partial charge in [0.1, 0.15) is 0 Å². The van der Waals surface area contributed by atoms with E-state index in [2.05, 4.69) is 11.7 Å². The van der Waals surface area contributed by atoms with E-state index in [1.54, 1.807) is 11.1 Å². The summed E-state index contributed by atoms with van der Waals surface area (Å²) in [5.41, 5.74) is 0.669. The first-order valence-electron chi connectivity index (χ1n) is 2.70. The van der Waals surface area contributed by atoms with Crippen LogP contribution in [0, 0.1) is 12.7 Å². The Morgan fingerprint density at radius 1 is 2.00 bits per heavy atom. The number of hydrogen-bond donors (Lipinski definition) is 1. The van der Waals surface area contributed by atoms with Crippen molar-refractivity contribution in [2.45, 2.75) is 6.92 Å². The van der Waals surface area contributed by atoms with Crippen LogP contribution in [-0.2, 0) is 0 Å². The van der Waals surface area contributed by atoms with Crippen LogP contribution in [0.3, 0.4) is 0 Å². The SMILES string of the molecule is C=[N+]1[CH-]C(CO)=N[C-]1C. The lowest BCUT2D eigenvalue weighted by Gasteiger charge is -2.13. The molecule has 0 bridgehead atoms. The molecular weight excluding hydrogens is 116 g/mol. The van der Waals surface area contributed by atoms with Crippen molar-refractivity contribution in [3.63, 3.8) is 0 Å². The zero-order valence-corrected chi connectivity index (χ0v) is 5.33. The Bertz CT molecular complexity index is 162. The van der Waals surface area contributed by atoms with Crippen LogP contribution < -0.4 is 0 Å². The van der Waals surface area contributed by atoms with Crippen molar-refractivity contribution < 1.29 is 9.68 Å². The maximum absolute atomic E-state index is 8.57. The van der Waals surface area contributed by atoms with Crippen molar-refractivity contribution in [3.8, 4) is 0 Å². The molecule has 0 aliphatic carbocycles. The van der Waals surface area contributed by atoms with E-state index in [9.17, 15) is 0 Å². The summed E-state index contributed by atoms with van der Waals surface area (Å²) >= 11 is 0. The van der Waals surface area contributed by atoms with E-state index in [0.29, 0.717) is 5.71 Å². The molecule has 0 amide bonds. The first-order valence-corrected chi connectivity index (χ1v) is 2.70. The quantitative estimate of drug-likeness (QED) is 0.383. The number of aliphatic hydroxyl groups is 1. The highest BCUT2D eigenvalue weighted by Crippen LogP contribution is 2.12. The standard InChI is InChI=1S/C6H9N2O/c1-5-7-6(4-9)3-8(5)2/h3,9H,2,4H2,1H3/q-1. The second-order valence-corrected chi connectivity index (χ2v) is 1.91. The molecule has 0 spiro atoms. The van der Waals surface area contributed by atoms with Crippen LogP contribution in [0.5, 0.6) is 0 Å². The van der Waals surface area contributed by atoms with E-state index in [1.807, 2.05) is 6.92 Å². The van der Waals surface area contributed by atoms with Gasteiger partial charge in [-0.1, -0.05) is 13.5 Å². The molecule has 1 heterocycles. The average molecular weight is 125 g/mol. The van der Waals surface area contributed by atoms with Crippen LogP contribution in [0.15, 0.2) is 4.99 Å². The van der Waals surface area contributed by atoms with Crippen LogP contribution >= 0.6 is 0 Å². The molecule has 3 heteroatoms. The molecule has 0 atom stereocenters. The molecule has 50 valence electrons. The van der Waals surface area contributed by atoms with Gasteiger partial charge >= 0.3 is 0 Å². The fourth-order valence-electron chi connectivity index (χ4n) is 0.650. The van der Waals surface area contributed by atoms with Crippen LogP contribution in [0.4, 0.5) is 0 Å². The molecule has 0 fully saturated rings. The molecular formula is C6H9N2O-. The molecule has 0 unspecified atom stereocenters. The maximum atomic E-state index is 8.57. The van der Waals surface area contributed by atoms with E-state index < -0.39 is 0 Å². The molecule has 0 aromatic heterocycles. The lowest BCUT2D eigenvalue weighted by Crippen LogP contribution is -2.07. The van der Waals surface area contributed by atoms with Gasteiger partial charge in [0, 0.05) is 0 Å². The van der Waals surface area contributed by atoms with Crippen LogP contribution in [-0.4, -0.2) is 28.7 Å². The second-order valence-electron chi connectivity index (χ2n) is 1.91. The smallest absolute Gasteiger partial charge is 0.0872 e. The number of rotatable bonds is 1. The monoisotopic (exact) mass is 125 g/mol. The molecule has 0 radical (unpaired) electrons. The normalized spacial score (nSPS) is 17.8. The predicted octanol–water partition coefficient (Wildman–Crippen LogP) is -0.182. The largest absolute Gasteiger partial charge is 0.526 e. The summed E-state index contributed by atoms with van der Waals surface area (Å²) in [6.45, 7) is 7.16. The Kier molecular flexibility index (Phi) is 1.44. The first-order chi connectivity index (χ1) is 4.24. The minimum atomic E-state index is -0.0106. The Morgan fingerprint density at radius 3 is 2.89 bits per heavy atom. The van der Waals surface area contributed by atoms with Gasteiger partial charge in [-0.3, -0.25) is 0 Å². The molecule has 0 saturated heterocycles. The van der Waals surface area contributed by atoms with Crippen molar-refractivity contribution in [2.75, 3.05) is 6.61 Å². The van der Waals surface area contributed by atoms with E-state index in [1.165, 1.54) is 0 Å². The topological polar surface area (TPSA) is 35.6 Å². The molecule has 3 nitrogen and oxygen atoms in total. The second kappa shape index (κ2) is 2.11. The van der Waals surface area contributed by atoms with Crippen molar-refractivity contribution in [1.82, 2.24) is 0 Å². The Balaban J connectivity index is 2.62. The molecule has 0 saturated carbocycles. The third-order valence-corrected chi connectivity index (χ3v) is 1.19. The van der Waals surface area contributed by atoms with Gasteiger partial charge in [-0.25, -0.2) is 0 Å². The summed E-state index contributed by atoms with van der Waals surface area (Å²) in [7, 11) is 0. The predicted molar refractivity (Wildman–Crippen MR) is 35.1 cm³/mol. The van der Waals surface area contributed by atoms with Crippen LogP contribution in [0.25, 0.3) is 0 Å². The van der Waals surface area contributed by atoms with Gasteiger partial charge in [-0.15, -0.1) is 0 Å². The van der Waals surface area contributed by atoms with Gasteiger partial charge in [0.05, 0.1) is 18.5 Å². The Hall–Kier alpha value is -0.960. The minimum absolute atomic E-state index is 0.0106. The fourth-order valence-corrected chi connectivity index (χ4v) is 0.650. The van der Waals surface area contributed by atoms with Gasteiger partial charge < -0.3 is 9.68 Å². The van der Waals surface area contributed by atoms with E-state index >= 15 is 0 Å². The van der Waals surface area contributed by atoms with Gasteiger partial charge in [-0.05, 0) is 0 Å². The number of aliphatic imine (C=N–C) groups is 1. The van der Waals surface area contributed by atoms with Gasteiger partial charge in [0.15, 0.2) is 0 Å². The maximum Gasteiger partial charge on any atom is 0.0872 e. The van der Waals surface area contributed by atoms with Crippen molar-refractivity contribution in [3.05, 3.63) is 12.7 Å². The Morgan fingerprint density at radius 2 is 2.67 bits per heavy atom. The zero-order chi connectivity index (χ0) is 6.85. The molecule has 1 rings (SSSR count). The third-order valence-electron chi connectivity index (χ3n) is 1.19. The fraction of sp³-hybridized carbons (Fsp3) is 0.333. The van der Waals surface area contributed by atoms with Crippen molar-refractivity contribution in [1.29, 1.82) is 0 Å². The Labute approximate surface area is 54.4 Å². The van der Waals surface area contributed by atoms with Gasteiger partial charge in [0.2, 0.25) is 0 Å². The number of nitrogens with zero attached hydrogens (tertiary/aromatic N) is 2. The van der Waals surface area contributed by atoms with Gasteiger partial charge in [-0.2, -0.15) is 11.7 Å². The highest BCUT2D eigenvalue weighted by molar-refractivity contribution is 5.93. The molecule has 0 aromatic carbocycles. The molecule has 1 aliphatic rings.